The van der Waals surface area contributed by atoms with Gasteiger partial charge in [0.2, 0.25) is 0 Å². The van der Waals surface area contributed by atoms with E-state index in [0.29, 0.717) is 36.7 Å². The highest BCUT2D eigenvalue weighted by atomic mass is 16.5. The van der Waals surface area contributed by atoms with Gasteiger partial charge in [-0.3, -0.25) is 4.79 Å². The molecule has 0 bridgehead atoms. The van der Waals surface area contributed by atoms with Crippen molar-refractivity contribution in [1.82, 2.24) is 20.0 Å². The molecule has 1 amide bonds. The maximum absolute atomic E-state index is 13.0. The van der Waals surface area contributed by atoms with E-state index in [1.54, 1.807) is 18.9 Å². The lowest BCUT2D eigenvalue weighted by Gasteiger charge is -2.31. The molecule has 0 radical (unpaired) electrons. The molecule has 0 atom stereocenters. The molecule has 0 aromatic carbocycles. The number of methoxy groups -OCH3 is 1. The second-order valence-electron chi connectivity index (χ2n) is 7.19. The smallest absolute Gasteiger partial charge is 0.276 e. The predicted molar refractivity (Wildman–Crippen MR) is 98.6 cm³/mol. The van der Waals surface area contributed by atoms with Crippen LogP contribution in [0.4, 0.5) is 5.82 Å². The van der Waals surface area contributed by atoms with Crippen LogP contribution in [0.2, 0.25) is 0 Å². The third-order valence-corrected chi connectivity index (χ3v) is 5.32. The number of nitrogens with zero attached hydrogens (tertiary/aromatic N) is 5. The van der Waals surface area contributed by atoms with Gasteiger partial charge in [0.25, 0.3) is 5.91 Å². The van der Waals surface area contributed by atoms with Gasteiger partial charge in [-0.2, -0.15) is 0 Å². The highest BCUT2D eigenvalue weighted by Crippen LogP contribution is 2.29. The van der Waals surface area contributed by atoms with E-state index < -0.39 is 0 Å². The predicted octanol–water partition coefficient (Wildman–Crippen LogP) is 2.03. The summed E-state index contributed by atoms with van der Waals surface area (Å²) in [7, 11) is 1.59. The number of rotatable bonds is 4. The number of fused-ring (bicyclic) bond motifs is 1. The average Bonchev–Trinajstić information content (AvgIpc) is 3.31. The molecule has 8 heteroatoms. The zero-order chi connectivity index (χ0) is 19.0. The summed E-state index contributed by atoms with van der Waals surface area (Å²) in [4.78, 5) is 26.5. The minimum atomic E-state index is -0.136. The molecule has 4 rings (SSSR count). The molecule has 1 fully saturated rings. The molecule has 4 heterocycles. The van der Waals surface area contributed by atoms with E-state index in [4.69, 9.17) is 14.2 Å². The molecule has 2 aromatic rings. The van der Waals surface area contributed by atoms with E-state index in [2.05, 4.69) is 15.0 Å². The monoisotopic (exact) mass is 371 g/mol. The molecular weight excluding hydrogens is 346 g/mol. The Bertz CT molecular complexity index is 857. The molecule has 27 heavy (non-hydrogen) atoms. The fourth-order valence-electron chi connectivity index (χ4n) is 3.92. The molecular formula is C19H25N5O3. The molecule has 2 aliphatic rings. The highest BCUT2D eigenvalue weighted by Gasteiger charge is 2.31. The van der Waals surface area contributed by atoms with Crippen LogP contribution in [0.3, 0.4) is 0 Å². The minimum absolute atomic E-state index is 0.136. The summed E-state index contributed by atoms with van der Waals surface area (Å²) in [6, 6.07) is 0. The topological polar surface area (TPSA) is 84.6 Å². The number of carbonyl (C=O) groups excluding carboxylic acids is 1. The molecule has 0 saturated carbocycles. The molecule has 0 spiro atoms. The van der Waals surface area contributed by atoms with Crippen LogP contribution < -0.4 is 4.90 Å². The summed E-state index contributed by atoms with van der Waals surface area (Å²) in [6.45, 7) is 7.20. The van der Waals surface area contributed by atoms with Gasteiger partial charge in [-0.15, -0.1) is 0 Å². The van der Waals surface area contributed by atoms with Crippen molar-refractivity contribution in [2.45, 2.75) is 46.3 Å². The Labute approximate surface area is 158 Å². The first kappa shape index (κ1) is 17.9. The first-order valence-corrected chi connectivity index (χ1v) is 9.43. The maximum Gasteiger partial charge on any atom is 0.276 e. The van der Waals surface area contributed by atoms with Gasteiger partial charge in [0.05, 0.1) is 24.4 Å². The summed E-state index contributed by atoms with van der Waals surface area (Å²) >= 11 is 0. The zero-order valence-electron chi connectivity index (χ0n) is 16.1. The third kappa shape index (κ3) is 3.29. The first-order valence-electron chi connectivity index (χ1n) is 9.43. The third-order valence-electron chi connectivity index (χ3n) is 5.32. The SMILES string of the molecule is COCc1c(C(=O)N2CCc3c(nc(C)nc3N3CCCC3)C2)noc1C. The van der Waals surface area contributed by atoms with E-state index in [9.17, 15) is 4.79 Å². The van der Waals surface area contributed by atoms with Crippen molar-refractivity contribution in [2.75, 3.05) is 31.6 Å². The normalized spacial score (nSPS) is 16.7. The van der Waals surface area contributed by atoms with Crippen LogP contribution in [0.15, 0.2) is 4.52 Å². The van der Waals surface area contributed by atoms with Crippen LogP contribution in [0, 0.1) is 13.8 Å². The molecule has 0 aliphatic carbocycles. The van der Waals surface area contributed by atoms with Gasteiger partial charge in [0.1, 0.15) is 17.4 Å². The second-order valence-corrected chi connectivity index (χ2v) is 7.19. The maximum atomic E-state index is 13.0. The van der Waals surface area contributed by atoms with Crippen molar-refractivity contribution in [3.05, 3.63) is 34.1 Å². The van der Waals surface area contributed by atoms with Gasteiger partial charge in [-0.25, -0.2) is 9.97 Å². The summed E-state index contributed by atoms with van der Waals surface area (Å²) in [5.74, 6) is 2.29. The van der Waals surface area contributed by atoms with Gasteiger partial charge in [-0.1, -0.05) is 5.16 Å². The quantitative estimate of drug-likeness (QED) is 0.813. The summed E-state index contributed by atoms with van der Waals surface area (Å²) in [5, 5.41) is 3.98. The van der Waals surface area contributed by atoms with Crippen LogP contribution in [-0.2, 0) is 24.3 Å². The molecule has 0 N–H and O–H groups in total. The first-order chi connectivity index (χ1) is 13.1. The number of anilines is 1. The van der Waals surface area contributed by atoms with Crippen molar-refractivity contribution in [2.24, 2.45) is 0 Å². The summed E-state index contributed by atoms with van der Waals surface area (Å²) in [6.07, 6.45) is 3.16. The van der Waals surface area contributed by atoms with E-state index in [-0.39, 0.29) is 5.91 Å². The molecule has 1 saturated heterocycles. The second kappa shape index (κ2) is 7.26. The van der Waals surface area contributed by atoms with Gasteiger partial charge in [0, 0.05) is 32.3 Å². The van der Waals surface area contributed by atoms with E-state index in [1.165, 1.54) is 18.4 Å². The Morgan fingerprint density at radius 3 is 2.70 bits per heavy atom. The Kier molecular flexibility index (Phi) is 4.82. The van der Waals surface area contributed by atoms with Gasteiger partial charge >= 0.3 is 0 Å². The number of hydrogen-bond donors (Lipinski definition) is 0. The fourth-order valence-corrected chi connectivity index (χ4v) is 3.92. The van der Waals surface area contributed by atoms with Crippen LogP contribution in [0.1, 0.15) is 51.7 Å². The lowest BCUT2D eigenvalue weighted by Crippen LogP contribution is -2.38. The van der Waals surface area contributed by atoms with Gasteiger partial charge in [0.15, 0.2) is 5.69 Å². The van der Waals surface area contributed by atoms with Crippen molar-refractivity contribution >= 4 is 11.7 Å². The average molecular weight is 371 g/mol. The number of aryl methyl sites for hydroxylation is 2. The summed E-state index contributed by atoms with van der Waals surface area (Å²) < 4.78 is 10.4. The van der Waals surface area contributed by atoms with Crippen LogP contribution in [0.25, 0.3) is 0 Å². The van der Waals surface area contributed by atoms with Crippen molar-refractivity contribution < 1.29 is 14.1 Å². The highest BCUT2D eigenvalue weighted by molar-refractivity contribution is 5.94. The Morgan fingerprint density at radius 2 is 1.96 bits per heavy atom. The van der Waals surface area contributed by atoms with Crippen LogP contribution >= 0.6 is 0 Å². The molecule has 0 unspecified atom stereocenters. The van der Waals surface area contributed by atoms with Crippen molar-refractivity contribution in [3.63, 3.8) is 0 Å². The fraction of sp³-hybridized carbons (Fsp3) is 0.579. The minimum Gasteiger partial charge on any atom is -0.380 e. The largest absolute Gasteiger partial charge is 0.380 e. The van der Waals surface area contributed by atoms with Crippen LogP contribution in [-0.4, -0.2) is 52.7 Å². The van der Waals surface area contributed by atoms with Crippen molar-refractivity contribution in [1.29, 1.82) is 0 Å². The molecule has 2 aliphatic heterocycles. The standard InChI is InChI=1S/C19H25N5O3/c1-12-15(11-26-3)17(22-27-12)19(25)24-9-6-14-16(10-24)20-13(2)21-18(14)23-7-4-5-8-23/h4-11H2,1-3H3. The van der Waals surface area contributed by atoms with Gasteiger partial charge in [-0.05, 0) is 33.1 Å². The van der Waals surface area contributed by atoms with Gasteiger partial charge < -0.3 is 19.1 Å². The number of amides is 1. The lowest BCUT2D eigenvalue weighted by atomic mass is 10.0. The summed E-state index contributed by atoms with van der Waals surface area (Å²) in [5.41, 5.74) is 3.17. The van der Waals surface area contributed by atoms with E-state index in [0.717, 1.165) is 36.8 Å². The molecule has 2 aromatic heterocycles. The Morgan fingerprint density at radius 1 is 1.19 bits per heavy atom. The number of hydrogen-bond acceptors (Lipinski definition) is 7. The van der Waals surface area contributed by atoms with E-state index >= 15 is 0 Å². The molecule has 8 nitrogen and oxygen atoms in total. The van der Waals surface area contributed by atoms with E-state index in [1.807, 2.05) is 6.92 Å². The number of aromatic nitrogens is 3. The van der Waals surface area contributed by atoms with Crippen LogP contribution in [0.5, 0.6) is 0 Å². The molecule has 144 valence electrons. The number of ether oxygens (including phenoxy) is 1. The Balaban J connectivity index is 1.61. The van der Waals surface area contributed by atoms with Crippen molar-refractivity contribution in [3.8, 4) is 0 Å². The Hall–Kier alpha value is -2.48. The zero-order valence-corrected chi connectivity index (χ0v) is 16.1. The number of carbonyl (C=O) groups is 1. The lowest BCUT2D eigenvalue weighted by molar-refractivity contribution is 0.0717.